The Morgan fingerprint density at radius 1 is 1.43 bits per heavy atom. The normalized spacial score (nSPS) is 19.6. The molecule has 0 saturated carbocycles. The summed E-state index contributed by atoms with van der Waals surface area (Å²) in [5.74, 6) is 0.197. The number of sulfonamides is 1. The molecule has 1 heterocycles. The number of hydrogen-bond acceptors (Lipinski definition) is 5. The molecule has 10 heteroatoms. The van der Waals surface area contributed by atoms with Crippen LogP contribution in [0.1, 0.15) is 6.42 Å². The van der Waals surface area contributed by atoms with Crippen LogP contribution in [0.25, 0.3) is 0 Å². The van der Waals surface area contributed by atoms with Gasteiger partial charge in [-0.3, -0.25) is 4.79 Å². The van der Waals surface area contributed by atoms with Crippen LogP contribution < -0.4 is 5.32 Å². The van der Waals surface area contributed by atoms with Crippen LogP contribution in [0.5, 0.6) is 0 Å². The van der Waals surface area contributed by atoms with Crippen LogP contribution in [0.3, 0.4) is 0 Å². The number of rotatable bonds is 6. The molecule has 1 aliphatic rings. The summed E-state index contributed by atoms with van der Waals surface area (Å²) >= 11 is 1.61. The predicted molar refractivity (Wildman–Crippen MR) is 80.9 cm³/mol. The first-order valence-corrected chi connectivity index (χ1v) is 9.24. The molecule has 2 amide bonds. The lowest BCUT2D eigenvalue weighted by atomic mass is 10.2. The van der Waals surface area contributed by atoms with E-state index in [1.807, 2.05) is 0 Å². The Hall–Kier alpha value is -1.00. The first-order chi connectivity index (χ1) is 9.74. The first kappa shape index (κ1) is 18.1. The van der Waals surface area contributed by atoms with Crippen molar-refractivity contribution in [1.82, 2.24) is 14.5 Å². The fraction of sp³-hybridized carbons (Fsp3) is 0.818. The molecule has 2 N–H and O–H groups in total. The number of carbonyl (C=O) groups excluding carboxylic acids is 1. The van der Waals surface area contributed by atoms with E-state index in [-0.39, 0.29) is 24.8 Å². The summed E-state index contributed by atoms with van der Waals surface area (Å²) in [6, 6.07) is -0.762. The number of nitrogens with one attached hydrogen (secondary N) is 1. The van der Waals surface area contributed by atoms with Gasteiger partial charge in [0, 0.05) is 38.7 Å². The minimum absolute atomic E-state index is 0.00276. The summed E-state index contributed by atoms with van der Waals surface area (Å²) in [7, 11) is -0.490. The van der Waals surface area contributed by atoms with E-state index in [2.05, 4.69) is 5.32 Å². The zero-order valence-corrected chi connectivity index (χ0v) is 13.7. The molecule has 0 aromatic rings. The second kappa shape index (κ2) is 7.85. The third-order valence-electron chi connectivity index (χ3n) is 3.09. The van der Waals surface area contributed by atoms with Gasteiger partial charge < -0.3 is 15.3 Å². The maximum Gasteiger partial charge on any atom is 0.317 e. The summed E-state index contributed by atoms with van der Waals surface area (Å²) in [5, 5.41) is 11.4. The average Bonchev–Trinajstić information content (AvgIpc) is 2.38. The molecule has 1 rings (SSSR count). The van der Waals surface area contributed by atoms with Gasteiger partial charge in [0.2, 0.25) is 10.0 Å². The number of carbonyl (C=O) groups is 2. The van der Waals surface area contributed by atoms with Gasteiger partial charge in [0.25, 0.3) is 0 Å². The Kier molecular flexibility index (Phi) is 6.75. The number of carboxylic acids is 1. The van der Waals surface area contributed by atoms with E-state index in [9.17, 15) is 18.0 Å². The molecule has 1 unspecified atom stereocenters. The van der Waals surface area contributed by atoms with Gasteiger partial charge in [-0.05, 0) is 0 Å². The van der Waals surface area contributed by atoms with Crippen molar-refractivity contribution >= 4 is 33.8 Å². The summed E-state index contributed by atoms with van der Waals surface area (Å²) < 4.78 is 24.3. The van der Waals surface area contributed by atoms with Crippen LogP contribution in [0, 0.1) is 0 Å². The van der Waals surface area contributed by atoms with Crippen molar-refractivity contribution in [2.45, 2.75) is 12.5 Å². The van der Waals surface area contributed by atoms with Crippen molar-refractivity contribution in [3.8, 4) is 0 Å². The largest absolute Gasteiger partial charge is 0.481 e. The van der Waals surface area contributed by atoms with Gasteiger partial charge in [-0.15, -0.1) is 0 Å². The monoisotopic (exact) mass is 339 g/mol. The van der Waals surface area contributed by atoms with Gasteiger partial charge in [-0.1, -0.05) is 0 Å². The van der Waals surface area contributed by atoms with E-state index in [0.717, 1.165) is 10.1 Å². The highest BCUT2D eigenvalue weighted by atomic mass is 32.2. The van der Waals surface area contributed by atoms with Crippen LogP contribution in [0.15, 0.2) is 0 Å². The van der Waals surface area contributed by atoms with E-state index < -0.39 is 22.0 Å². The SMILES string of the molecule is CN(C)S(=O)(=O)CCNC(=O)N1CCSCC1CC(=O)O. The molecular formula is C11H21N3O5S2. The van der Waals surface area contributed by atoms with Crippen molar-refractivity contribution < 1.29 is 23.1 Å². The van der Waals surface area contributed by atoms with Gasteiger partial charge in [0.05, 0.1) is 18.2 Å². The summed E-state index contributed by atoms with van der Waals surface area (Å²) in [6.45, 7) is 0.470. The molecule has 122 valence electrons. The molecule has 1 aliphatic heterocycles. The summed E-state index contributed by atoms with van der Waals surface area (Å²) in [6.07, 6.45) is -0.101. The van der Waals surface area contributed by atoms with Crippen LogP contribution in [-0.4, -0.2) is 85.2 Å². The van der Waals surface area contributed by atoms with Crippen molar-refractivity contribution in [2.75, 3.05) is 44.4 Å². The molecule has 0 radical (unpaired) electrons. The van der Waals surface area contributed by atoms with Crippen molar-refractivity contribution in [1.29, 1.82) is 0 Å². The highest BCUT2D eigenvalue weighted by Gasteiger charge is 2.28. The molecule has 1 saturated heterocycles. The molecule has 21 heavy (non-hydrogen) atoms. The van der Waals surface area contributed by atoms with E-state index in [0.29, 0.717) is 12.3 Å². The molecule has 1 atom stereocenters. The maximum absolute atomic E-state index is 12.0. The lowest BCUT2D eigenvalue weighted by Gasteiger charge is -2.34. The van der Waals surface area contributed by atoms with E-state index in [1.54, 1.807) is 11.8 Å². The van der Waals surface area contributed by atoms with Crippen molar-refractivity contribution in [3.63, 3.8) is 0 Å². The Morgan fingerprint density at radius 2 is 2.10 bits per heavy atom. The Labute approximate surface area is 128 Å². The fourth-order valence-corrected chi connectivity index (χ4v) is 3.65. The highest BCUT2D eigenvalue weighted by Crippen LogP contribution is 2.19. The number of urea groups is 1. The molecule has 0 aliphatic carbocycles. The zero-order valence-electron chi connectivity index (χ0n) is 12.1. The van der Waals surface area contributed by atoms with Gasteiger partial charge in [0.1, 0.15) is 0 Å². The third kappa shape index (κ3) is 5.71. The fourth-order valence-electron chi connectivity index (χ4n) is 1.86. The molecule has 0 aromatic heterocycles. The van der Waals surface area contributed by atoms with Crippen LogP contribution in [-0.2, 0) is 14.8 Å². The summed E-state index contributed by atoms with van der Waals surface area (Å²) in [5.41, 5.74) is 0. The molecule has 0 spiro atoms. The smallest absolute Gasteiger partial charge is 0.317 e. The van der Waals surface area contributed by atoms with Gasteiger partial charge in [-0.2, -0.15) is 11.8 Å². The average molecular weight is 339 g/mol. The van der Waals surface area contributed by atoms with E-state index in [1.165, 1.54) is 19.0 Å². The molecule has 1 fully saturated rings. The lowest BCUT2D eigenvalue weighted by molar-refractivity contribution is -0.137. The number of hydrogen-bond donors (Lipinski definition) is 2. The first-order valence-electron chi connectivity index (χ1n) is 6.48. The predicted octanol–water partition coefficient (Wildman–Crippen LogP) is -0.520. The van der Waals surface area contributed by atoms with E-state index in [4.69, 9.17) is 5.11 Å². The third-order valence-corrected chi connectivity index (χ3v) is 6.02. The quantitative estimate of drug-likeness (QED) is 0.674. The van der Waals surface area contributed by atoms with E-state index >= 15 is 0 Å². The van der Waals surface area contributed by atoms with Gasteiger partial charge in [-0.25, -0.2) is 17.5 Å². The van der Waals surface area contributed by atoms with Crippen LogP contribution >= 0.6 is 11.8 Å². The number of aliphatic carboxylic acids is 1. The van der Waals surface area contributed by atoms with Crippen molar-refractivity contribution in [3.05, 3.63) is 0 Å². The van der Waals surface area contributed by atoms with Crippen LogP contribution in [0.4, 0.5) is 4.79 Å². The van der Waals surface area contributed by atoms with Gasteiger partial charge >= 0.3 is 12.0 Å². The Morgan fingerprint density at radius 3 is 2.67 bits per heavy atom. The van der Waals surface area contributed by atoms with Crippen LogP contribution in [0.2, 0.25) is 0 Å². The summed E-state index contributed by atoms with van der Waals surface area (Å²) in [4.78, 5) is 24.3. The standard InChI is InChI=1S/C11H21N3O5S2/c1-13(2)21(18,19)6-3-12-11(17)14-4-5-20-8-9(14)7-10(15)16/h9H,3-8H2,1-2H3,(H,12,17)(H,15,16). The van der Waals surface area contributed by atoms with Crippen molar-refractivity contribution in [2.24, 2.45) is 0 Å². The second-order valence-electron chi connectivity index (χ2n) is 4.85. The Balaban J connectivity index is 2.51. The zero-order chi connectivity index (χ0) is 16.0. The molecular weight excluding hydrogens is 318 g/mol. The number of carboxylic acid groups (broad SMARTS) is 1. The Bertz CT molecular complexity index is 480. The topological polar surface area (TPSA) is 107 Å². The lowest BCUT2D eigenvalue weighted by Crippen LogP contribution is -2.52. The minimum atomic E-state index is -3.36. The number of nitrogens with zero attached hydrogens (tertiary/aromatic N) is 2. The number of thioether (sulfide) groups is 1. The second-order valence-corrected chi connectivity index (χ2v) is 8.30. The van der Waals surface area contributed by atoms with Gasteiger partial charge in [0.15, 0.2) is 0 Å². The molecule has 0 aromatic carbocycles. The minimum Gasteiger partial charge on any atom is -0.481 e. The number of amides is 2. The highest BCUT2D eigenvalue weighted by molar-refractivity contribution is 7.99. The molecule has 0 bridgehead atoms. The maximum atomic E-state index is 12.0. The molecule has 8 nitrogen and oxygen atoms in total.